The molecule has 1 aromatic carbocycles. The number of nitrogens with zero attached hydrogens (tertiary/aromatic N) is 2. The van der Waals surface area contributed by atoms with Crippen LogP contribution in [0.3, 0.4) is 0 Å². The molecule has 1 unspecified atom stereocenters. The van der Waals surface area contributed by atoms with E-state index in [0.29, 0.717) is 12.2 Å². The van der Waals surface area contributed by atoms with E-state index in [0.717, 1.165) is 0 Å². The lowest BCUT2D eigenvalue weighted by Crippen LogP contribution is -2.35. The van der Waals surface area contributed by atoms with Crippen molar-refractivity contribution < 1.29 is 23.1 Å². The maximum absolute atomic E-state index is 12.9. The van der Waals surface area contributed by atoms with Gasteiger partial charge < -0.3 is 10.8 Å². The van der Waals surface area contributed by atoms with Crippen molar-refractivity contribution in [1.29, 1.82) is 0 Å². The maximum Gasteiger partial charge on any atom is 0.336 e. The molecule has 0 saturated carbocycles. The van der Waals surface area contributed by atoms with Crippen molar-refractivity contribution >= 4 is 39.1 Å². The summed E-state index contributed by atoms with van der Waals surface area (Å²) in [5.74, 6) is -1.28. The van der Waals surface area contributed by atoms with Crippen molar-refractivity contribution in [2.24, 2.45) is 5.73 Å². The van der Waals surface area contributed by atoms with Crippen LogP contribution in [0, 0.1) is 0 Å². The van der Waals surface area contributed by atoms with Gasteiger partial charge in [0.1, 0.15) is 0 Å². The largest absolute Gasteiger partial charge is 0.478 e. The van der Waals surface area contributed by atoms with Crippen molar-refractivity contribution in [2.45, 2.75) is 24.1 Å². The molecule has 0 aliphatic rings. The molecule has 0 spiro atoms. The predicted octanol–water partition coefficient (Wildman–Crippen LogP) is 2.87. The zero-order valence-corrected chi connectivity index (χ0v) is 16.2. The minimum atomic E-state index is -4.03. The van der Waals surface area contributed by atoms with Crippen LogP contribution in [0.5, 0.6) is 0 Å². The third-order valence-electron chi connectivity index (χ3n) is 4.06. The summed E-state index contributed by atoms with van der Waals surface area (Å²) in [7, 11) is -4.03. The molecule has 2 rings (SSSR count). The number of halogens is 1. The van der Waals surface area contributed by atoms with Crippen LogP contribution < -0.4 is 10.6 Å². The molecule has 0 aliphatic heterocycles. The SMILES string of the molecule is CCN(C(N)=O)c1ccc(S(=O)(=O)C(C)c2c(Cl)cccc2C(=O)O)nc1. The fourth-order valence-electron chi connectivity index (χ4n) is 2.64. The molecule has 1 atom stereocenters. The first kappa shape index (κ1) is 20.7. The Morgan fingerprint density at radius 1 is 1.30 bits per heavy atom. The highest BCUT2D eigenvalue weighted by Gasteiger charge is 2.31. The normalized spacial score (nSPS) is 12.4. The molecule has 144 valence electrons. The van der Waals surface area contributed by atoms with E-state index in [-0.39, 0.29) is 21.2 Å². The molecule has 10 heteroatoms. The summed E-state index contributed by atoms with van der Waals surface area (Å²) in [5.41, 5.74) is 5.40. The third kappa shape index (κ3) is 4.04. The highest BCUT2D eigenvalue weighted by atomic mass is 35.5. The van der Waals surface area contributed by atoms with Crippen LogP contribution >= 0.6 is 11.6 Å². The lowest BCUT2D eigenvalue weighted by atomic mass is 10.1. The number of anilines is 1. The first-order chi connectivity index (χ1) is 12.6. The van der Waals surface area contributed by atoms with E-state index in [9.17, 15) is 23.1 Å². The second kappa shape index (κ2) is 7.93. The highest BCUT2D eigenvalue weighted by molar-refractivity contribution is 7.91. The number of pyridine rings is 1. The number of primary amides is 1. The Kier molecular flexibility index (Phi) is 6.07. The zero-order chi connectivity index (χ0) is 20.4. The summed E-state index contributed by atoms with van der Waals surface area (Å²) in [5, 5.41) is 7.86. The number of sulfone groups is 1. The number of carbonyl (C=O) groups excluding carboxylic acids is 1. The van der Waals surface area contributed by atoms with E-state index >= 15 is 0 Å². The Bertz CT molecular complexity index is 977. The molecule has 2 amide bonds. The van der Waals surface area contributed by atoms with Crippen molar-refractivity contribution in [1.82, 2.24) is 4.98 Å². The van der Waals surface area contributed by atoms with Gasteiger partial charge in [0.25, 0.3) is 0 Å². The number of aromatic carboxylic acids is 1. The second-order valence-corrected chi connectivity index (χ2v) is 8.25. The number of aromatic nitrogens is 1. The van der Waals surface area contributed by atoms with E-state index < -0.39 is 27.1 Å². The second-order valence-electron chi connectivity index (χ2n) is 5.63. The molecule has 27 heavy (non-hydrogen) atoms. The van der Waals surface area contributed by atoms with Crippen molar-refractivity contribution in [3.8, 4) is 0 Å². The topological polar surface area (TPSA) is 131 Å². The molecule has 1 aromatic heterocycles. The predicted molar refractivity (Wildman–Crippen MR) is 101 cm³/mol. The monoisotopic (exact) mass is 411 g/mol. The van der Waals surface area contributed by atoms with Crippen LogP contribution in [0.2, 0.25) is 5.02 Å². The highest BCUT2D eigenvalue weighted by Crippen LogP contribution is 2.35. The lowest BCUT2D eigenvalue weighted by molar-refractivity contribution is 0.0695. The molecule has 0 fully saturated rings. The molecule has 0 radical (unpaired) electrons. The molecule has 1 heterocycles. The number of urea groups is 1. The molecular formula is C17H18ClN3O5S. The molecule has 0 aliphatic carbocycles. The Morgan fingerprint density at radius 3 is 2.44 bits per heavy atom. The van der Waals surface area contributed by atoms with E-state index in [2.05, 4.69) is 4.98 Å². The first-order valence-corrected chi connectivity index (χ1v) is 9.82. The standard InChI is InChI=1S/C17H18ClN3O5S/c1-3-21(17(19)24)11-7-8-14(20-9-11)27(25,26)10(2)15-12(16(22)23)5-4-6-13(15)18/h4-10H,3H2,1-2H3,(H2,19,24)(H,22,23). The fourth-order valence-corrected chi connectivity index (χ4v) is 4.43. The number of nitrogens with two attached hydrogens (primary N) is 1. The van der Waals surface area contributed by atoms with Crippen LogP contribution in [0.25, 0.3) is 0 Å². The number of hydrogen-bond acceptors (Lipinski definition) is 5. The van der Waals surface area contributed by atoms with Gasteiger partial charge in [-0.05, 0) is 38.1 Å². The Hall–Kier alpha value is -2.65. The zero-order valence-electron chi connectivity index (χ0n) is 14.6. The van der Waals surface area contributed by atoms with Crippen molar-refractivity contribution in [3.63, 3.8) is 0 Å². The van der Waals surface area contributed by atoms with Gasteiger partial charge in [0.2, 0.25) is 9.84 Å². The van der Waals surface area contributed by atoms with Gasteiger partial charge in [0.15, 0.2) is 5.03 Å². The summed E-state index contributed by atoms with van der Waals surface area (Å²) in [4.78, 5) is 28.0. The van der Waals surface area contributed by atoms with Crippen molar-refractivity contribution in [2.75, 3.05) is 11.4 Å². The molecule has 0 saturated heterocycles. The number of rotatable bonds is 6. The van der Waals surface area contributed by atoms with Gasteiger partial charge in [-0.25, -0.2) is 23.0 Å². The first-order valence-electron chi connectivity index (χ1n) is 7.89. The van der Waals surface area contributed by atoms with Gasteiger partial charge in [-0.1, -0.05) is 17.7 Å². The van der Waals surface area contributed by atoms with Crippen molar-refractivity contribution in [3.05, 3.63) is 52.7 Å². The third-order valence-corrected chi connectivity index (χ3v) is 6.38. The van der Waals surface area contributed by atoms with Gasteiger partial charge in [0.05, 0.1) is 22.7 Å². The van der Waals surface area contributed by atoms with Crippen LogP contribution in [0.15, 0.2) is 41.6 Å². The average molecular weight is 412 g/mol. The maximum atomic E-state index is 12.9. The van der Waals surface area contributed by atoms with E-state index in [4.69, 9.17) is 17.3 Å². The quantitative estimate of drug-likeness (QED) is 0.751. The number of benzene rings is 1. The van der Waals surface area contributed by atoms with Crippen LogP contribution in [0.1, 0.15) is 35.0 Å². The van der Waals surface area contributed by atoms with Gasteiger partial charge in [-0.3, -0.25) is 4.90 Å². The summed E-state index contributed by atoms with van der Waals surface area (Å²) in [6, 6.07) is 6.11. The summed E-state index contributed by atoms with van der Waals surface area (Å²) >= 11 is 6.08. The van der Waals surface area contributed by atoms with Gasteiger partial charge in [-0.2, -0.15) is 0 Å². The number of carboxylic acid groups (broad SMARTS) is 1. The molecule has 2 aromatic rings. The lowest BCUT2D eigenvalue weighted by Gasteiger charge is -2.19. The van der Waals surface area contributed by atoms with Gasteiger partial charge in [0, 0.05) is 17.1 Å². The smallest absolute Gasteiger partial charge is 0.336 e. The molecule has 0 bridgehead atoms. The van der Waals surface area contributed by atoms with Crippen LogP contribution in [0.4, 0.5) is 10.5 Å². The number of carboxylic acids is 1. The van der Waals surface area contributed by atoms with E-state index in [1.165, 1.54) is 48.4 Å². The average Bonchev–Trinajstić information content (AvgIpc) is 2.61. The minimum Gasteiger partial charge on any atom is -0.478 e. The van der Waals surface area contributed by atoms with E-state index in [1.807, 2.05) is 0 Å². The number of carbonyl (C=O) groups is 2. The summed E-state index contributed by atoms with van der Waals surface area (Å²) < 4.78 is 25.8. The Morgan fingerprint density at radius 2 is 1.96 bits per heavy atom. The summed E-state index contributed by atoms with van der Waals surface area (Å²) in [6.07, 6.45) is 1.22. The Labute approximate surface area is 161 Å². The van der Waals surface area contributed by atoms with Crippen LogP contribution in [-0.2, 0) is 9.84 Å². The summed E-state index contributed by atoms with van der Waals surface area (Å²) in [6.45, 7) is 3.35. The molecule has 3 N–H and O–H groups in total. The fraction of sp³-hybridized carbons (Fsp3) is 0.235. The van der Waals surface area contributed by atoms with E-state index in [1.54, 1.807) is 6.92 Å². The van der Waals surface area contributed by atoms with Gasteiger partial charge >= 0.3 is 12.0 Å². The number of amides is 2. The molecule has 8 nitrogen and oxygen atoms in total. The van der Waals surface area contributed by atoms with Gasteiger partial charge in [-0.15, -0.1) is 0 Å². The Balaban J connectivity index is 2.48. The molecular weight excluding hydrogens is 394 g/mol. The minimum absolute atomic E-state index is 0.00939. The van der Waals surface area contributed by atoms with Crippen LogP contribution in [-0.4, -0.2) is 37.1 Å². The number of hydrogen-bond donors (Lipinski definition) is 2.